The van der Waals surface area contributed by atoms with E-state index in [0.717, 1.165) is 57.0 Å². The van der Waals surface area contributed by atoms with Gasteiger partial charge in [-0.05, 0) is 35.9 Å². The molecule has 11 heteroatoms. The quantitative estimate of drug-likeness (QED) is 0.740. The van der Waals surface area contributed by atoms with Crippen molar-refractivity contribution in [2.75, 3.05) is 32.8 Å². The number of carbonyl (C=O) groups excluding carboxylic acids is 1. The number of carbonyl (C=O) groups is 2. The molecule has 32 heavy (non-hydrogen) atoms. The maximum Gasteiger partial charge on any atom is 0.490 e. The molecule has 1 N–H and O–H groups in total. The number of ether oxygens (including phenoxy) is 1. The van der Waals surface area contributed by atoms with Crippen LogP contribution in [0.1, 0.15) is 28.1 Å². The maximum absolute atomic E-state index is 12.5. The topological polar surface area (TPSA) is 83.0 Å². The minimum Gasteiger partial charge on any atom is -0.475 e. The fourth-order valence-electron chi connectivity index (χ4n) is 3.78. The molecule has 4 rings (SSSR count). The Balaban J connectivity index is 0.000000360. The Morgan fingerprint density at radius 3 is 2.47 bits per heavy atom. The van der Waals surface area contributed by atoms with Gasteiger partial charge in [-0.15, -0.1) is 11.3 Å². The first-order valence-electron chi connectivity index (χ1n) is 10.1. The van der Waals surface area contributed by atoms with Gasteiger partial charge in [0.25, 0.3) is 5.91 Å². The number of nitrogens with zero attached hydrogens (tertiary/aromatic N) is 3. The van der Waals surface area contributed by atoms with Crippen LogP contribution in [0.2, 0.25) is 0 Å². The first-order valence-corrected chi connectivity index (χ1v) is 10.9. The molecule has 2 fully saturated rings. The van der Waals surface area contributed by atoms with E-state index in [9.17, 15) is 18.0 Å². The number of hydrogen-bond donors (Lipinski definition) is 1. The Labute approximate surface area is 187 Å². The van der Waals surface area contributed by atoms with Gasteiger partial charge in [0.05, 0.1) is 17.1 Å². The number of pyridine rings is 1. The summed E-state index contributed by atoms with van der Waals surface area (Å²) in [6, 6.07) is 7.95. The zero-order valence-corrected chi connectivity index (χ0v) is 18.1. The van der Waals surface area contributed by atoms with Crippen LogP contribution in [-0.2, 0) is 16.1 Å². The Kier molecular flexibility index (Phi) is 7.86. The molecule has 0 saturated carbocycles. The van der Waals surface area contributed by atoms with Gasteiger partial charge in [0.2, 0.25) is 0 Å². The zero-order valence-electron chi connectivity index (χ0n) is 17.3. The molecule has 2 aliphatic rings. The van der Waals surface area contributed by atoms with E-state index in [-0.39, 0.29) is 11.5 Å². The van der Waals surface area contributed by atoms with Gasteiger partial charge in [-0.3, -0.25) is 14.7 Å². The van der Waals surface area contributed by atoms with Crippen LogP contribution in [0.4, 0.5) is 13.2 Å². The Morgan fingerprint density at radius 1 is 1.19 bits per heavy atom. The van der Waals surface area contributed by atoms with Crippen molar-refractivity contribution in [2.24, 2.45) is 0 Å². The van der Waals surface area contributed by atoms with Crippen molar-refractivity contribution < 1.29 is 32.6 Å². The van der Waals surface area contributed by atoms with Crippen molar-refractivity contribution in [3.8, 4) is 0 Å². The number of likely N-dealkylation sites (tertiary alicyclic amines) is 1. The molecule has 0 atom stereocenters. The molecule has 2 aliphatic heterocycles. The summed E-state index contributed by atoms with van der Waals surface area (Å²) in [4.78, 5) is 30.9. The van der Waals surface area contributed by atoms with Gasteiger partial charge >= 0.3 is 12.1 Å². The molecule has 4 heterocycles. The summed E-state index contributed by atoms with van der Waals surface area (Å²) in [7, 11) is 0. The second-order valence-electron chi connectivity index (χ2n) is 7.68. The summed E-state index contributed by atoms with van der Waals surface area (Å²) < 4.78 is 37.9. The number of alkyl halides is 3. The first kappa shape index (κ1) is 24.1. The Morgan fingerprint density at radius 2 is 1.91 bits per heavy atom. The molecule has 0 radical (unpaired) electrons. The number of rotatable bonds is 3. The molecule has 0 aromatic carbocycles. The monoisotopic (exact) mass is 471 g/mol. The normalized spacial score (nSPS) is 18.7. The van der Waals surface area contributed by atoms with E-state index in [1.165, 1.54) is 16.9 Å². The van der Waals surface area contributed by atoms with Crippen molar-refractivity contribution in [3.05, 3.63) is 52.5 Å². The molecule has 2 aromatic heterocycles. The van der Waals surface area contributed by atoms with Crippen LogP contribution < -0.4 is 0 Å². The molecule has 1 spiro atoms. The molecule has 0 aliphatic carbocycles. The Hall–Kier alpha value is -2.50. The van der Waals surface area contributed by atoms with Crippen molar-refractivity contribution in [1.29, 1.82) is 0 Å². The van der Waals surface area contributed by atoms with Crippen molar-refractivity contribution in [2.45, 2.75) is 31.2 Å². The third kappa shape index (κ3) is 6.50. The lowest BCUT2D eigenvalue weighted by molar-refractivity contribution is -0.192. The zero-order chi connectivity index (χ0) is 23.2. The van der Waals surface area contributed by atoms with E-state index in [1.807, 2.05) is 40.9 Å². The van der Waals surface area contributed by atoms with Crippen LogP contribution in [0.3, 0.4) is 0 Å². The highest BCUT2D eigenvalue weighted by Crippen LogP contribution is 2.31. The maximum atomic E-state index is 12.5. The van der Waals surface area contributed by atoms with Crippen molar-refractivity contribution in [1.82, 2.24) is 14.8 Å². The van der Waals surface area contributed by atoms with E-state index in [2.05, 4.69) is 16.0 Å². The molecule has 174 valence electrons. The van der Waals surface area contributed by atoms with Crippen LogP contribution in [0.25, 0.3) is 0 Å². The minimum atomic E-state index is -5.08. The lowest BCUT2D eigenvalue weighted by Crippen LogP contribution is -2.57. The van der Waals surface area contributed by atoms with Crippen molar-refractivity contribution in [3.63, 3.8) is 0 Å². The summed E-state index contributed by atoms with van der Waals surface area (Å²) in [5.41, 5.74) is 1.14. The van der Waals surface area contributed by atoms with Crippen LogP contribution in [-0.4, -0.2) is 76.3 Å². The first-order chi connectivity index (χ1) is 15.2. The van der Waals surface area contributed by atoms with Crippen LogP contribution in [0.15, 0.2) is 42.0 Å². The summed E-state index contributed by atoms with van der Waals surface area (Å²) in [5.74, 6) is -2.60. The average Bonchev–Trinajstić information content (AvgIpc) is 3.29. The second kappa shape index (κ2) is 10.4. The molecular weight excluding hydrogens is 447 g/mol. The highest BCUT2D eigenvalue weighted by molar-refractivity contribution is 7.12. The predicted octanol–water partition coefficient (Wildman–Crippen LogP) is 3.28. The van der Waals surface area contributed by atoms with Gasteiger partial charge in [0.15, 0.2) is 0 Å². The van der Waals surface area contributed by atoms with Crippen molar-refractivity contribution >= 4 is 23.2 Å². The van der Waals surface area contributed by atoms with Gasteiger partial charge in [-0.2, -0.15) is 13.2 Å². The number of thiophene rings is 1. The molecule has 7 nitrogen and oxygen atoms in total. The van der Waals surface area contributed by atoms with E-state index >= 15 is 0 Å². The fraction of sp³-hybridized carbons (Fsp3) is 0.476. The SMILES string of the molecule is O=C(O)C(F)(F)F.O=C(c1cccs1)N1CCC2(CC1)CN(Cc1cccnc1)CCO2. The van der Waals surface area contributed by atoms with E-state index < -0.39 is 12.1 Å². The van der Waals surface area contributed by atoms with Crippen LogP contribution in [0, 0.1) is 0 Å². The summed E-state index contributed by atoms with van der Waals surface area (Å²) in [5, 5.41) is 9.08. The van der Waals surface area contributed by atoms with Gasteiger partial charge < -0.3 is 14.7 Å². The third-order valence-corrected chi connectivity index (χ3v) is 6.25. The number of aliphatic carboxylic acids is 1. The predicted molar refractivity (Wildman–Crippen MR) is 111 cm³/mol. The summed E-state index contributed by atoms with van der Waals surface area (Å²) in [6.07, 6.45) is 0.483. The highest BCUT2D eigenvalue weighted by Gasteiger charge is 2.41. The van der Waals surface area contributed by atoms with Crippen LogP contribution >= 0.6 is 11.3 Å². The molecule has 2 aromatic rings. The standard InChI is InChI=1S/C19H23N3O2S.C2HF3O2/c23-18(17-4-2-12-25-17)22-8-5-19(6-9-22)15-21(10-11-24-19)14-16-3-1-7-20-13-16;3-2(4,5)1(6)7/h1-4,7,12-13H,5-6,8-11,14-15H2;(H,6,7). The van der Waals surface area contributed by atoms with Gasteiger partial charge in [-0.25, -0.2) is 4.79 Å². The molecule has 1 amide bonds. The van der Waals surface area contributed by atoms with Gasteiger partial charge in [0.1, 0.15) is 0 Å². The van der Waals surface area contributed by atoms with Gasteiger partial charge in [0, 0.05) is 45.1 Å². The molecule has 0 bridgehead atoms. The minimum absolute atomic E-state index is 0.104. The smallest absolute Gasteiger partial charge is 0.475 e. The van der Waals surface area contributed by atoms with E-state index in [4.69, 9.17) is 14.6 Å². The molecule has 0 unspecified atom stereocenters. The largest absolute Gasteiger partial charge is 0.490 e. The van der Waals surface area contributed by atoms with E-state index in [0.29, 0.717) is 0 Å². The Bertz CT molecular complexity index is 885. The lowest BCUT2D eigenvalue weighted by atomic mass is 9.89. The van der Waals surface area contributed by atoms with Crippen LogP contribution in [0.5, 0.6) is 0 Å². The number of piperidine rings is 1. The lowest BCUT2D eigenvalue weighted by Gasteiger charge is -2.47. The van der Waals surface area contributed by atoms with Gasteiger partial charge in [-0.1, -0.05) is 12.1 Å². The van der Waals surface area contributed by atoms with E-state index in [1.54, 1.807) is 0 Å². The number of carboxylic acids is 1. The number of amides is 1. The number of morpholine rings is 1. The highest BCUT2D eigenvalue weighted by atomic mass is 32.1. The molecule has 2 saturated heterocycles. The summed E-state index contributed by atoms with van der Waals surface area (Å²) in [6.45, 7) is 5.11. The summed E-state index contributed by atoms with van der Waals surface area (Å²) >= 11 is 1.52. The number of halogens is 3. The number of carboxylic acid groups (broad SMARTS) is 1. The number of aromatic nitrogens is 1. The second-order valence-corrected chi connectivity index (χ2v) is 8.62. The fourth-order valence-corrected chi connectivity index (χ4v) is 4.47. The molecular formula is C21H24F3N3O4S. The average molecular weight is 472 g/mol. The number of hydrogen-bond acceptors (Lipinski definition) is 6. The third-order valence-electron chi connectivity index (χ3n) is 5.39.